The summed E-state index contributed by atoms with van der Waals surface area (Å²) in [5.74, 6) is -0.609. The number of sulfone groups is 1. The second kappa shape index (κ2) is 9.77. The standard InChI is InChI=1S/C23H21ClFN3O3S.ClH/c1-13(2)32(29,30)22-10-9-18(25)20(27-22)12-19(26)15-5-3-4-6-16(15)23-17-8-7-14(24)11-21(17)31-28-23;/h3-11,13,19H,12,26H2,1-2H3;1H. The van der Waals surface area contributed by atoms with E-state index in [2.05, 4.69) is 10.1 Å². The SMILES string of the molecule is CC(C)S(=O)(=O)c1ccc(F)c(CC(N)c2ccccc2-c2noc3cc(Cl)ccc23)n1.Cl. The average molecular weight is 510 g/mol. The summed E-state index contributed by atoms with van der Waals surface area (Å²) in [6, 6.07) is 14.2. The van der Waals surface area contributed by atoms with Crippen molar-refractivity contribution in [1.29, 1.82) is 0 Å². The molecule has 0 amide bonds. The first-order valence-corrected chi connectivity index (χ1v) is 11.9. The first kappa shape index (κ1) is 25.1. The fourth-order valence-corrected chi connectivity index (χ4v) is 4.61. The van der Waals surface area contributed by atoms with E-state index in [0.29, 0.717) is 21.9 Å². The fraction of sp³-hybridized carbons (Fsp3) is 0.217. The van der Waals surface area contributed by atoms with Crippen LogP contribution in [-0.2, 0) is 16.3 Å². The Morgan fingerprint density at radius 1 is 1.12 bits per heavy atom. The largest absolute Gasteiger partial charge is 0.356 e. The second-order valence-corrected chi connectivity index (χ2v) is 10.6. The van der Waals surface area contributed by atoms with Crippen LogP contribution in [-0.4, -0.2) is 23.8 Å². The van der Waals surface area contributed by atoms with Crippen molar-refractivity contribution in [1.82, 2.24) is 10.1 Å². The lowest BCUT2D eigenvalue weighted by atomic mass is 9.94. The molecule has 0 fully saturated rings. The van der Waals surface area contributed by atoms with Crippen LogP contribution in [0.15, 0.2) is 64.1 Å². The van der Waals surface area contributed by atoms with Crippen molar-refractivity contribution in [3.8, 4) is 11.3 Å². The maximum atomic E-state index is 14.5. The van der Waals surface area contributed by atoms with Crippen molar-refractivity contribution in [2.24, 2.45) is 5.73 Å². The fourth-order valence-electron chi connectivity index (χ4n) is 3.47. The highest BCUT2D eigenvalue weighted by Gasteiger charge is 2.24. The van der Waals surface area contributed by atoms with Gasteiger partial charge in [-0.1, -0.05) is 41.0 Å². The number of aromatic nitrogens is 2. The number of rotatable bonds is 6. The van der Waals surface area contributed by atoms with Crippen LogP contribution in [0.4, 0.5) is 4.39 Å². The van der Waals surface area contributed by atoms with Gasteiger partial charge in [-0.2, -0.15) is 0 Å². The molecule has 4 rings (SSSR count). The lowest BCUT2D eigenvalue weighted by Gasteiger charge is -2.16. The third kappa shape index (κ3) is 4.89. The van der Waals surface area contributed by atoms with Crippen molar-refractivity contribution in [3.05, 3.63) is 76.7 Å². The molecular formula is C23H22Cl2FN3O3S. The first-order chi connectivity index (χ1) is 15.2. The minimum absolute atomic E-state index is 0. The van der Waals surface area contributed by atoms with Gasteiger partial charge in [0.15, 0.2) is 20.4 Å². The molecule has 0 radical (unpaired) electrons. The minimum atomic E-state index is -3.64. The van der Waals surface area contributed by atoms with E-state index >= 15 is 0 Å². The van der Waals surface area contributed by atoms with Gasteiger partial charge in [0.25, 0.3) is 0 Å². The predicted molar refractivity (Wildman–Crippen MR) is 129 cm³/mol. The number of halogens is 3. The molecule has 2 aromatic heterocycles. The quantitative estimate of drug-likeness (QED) is 0.366. The van der Waals surface area contributed by atoms with Crippen LogP contribution in [0, 0.1) is 5.82 Å². The Labute approximate surface area is 202 Å². The maximum Gasteiger partial charge on any atom is 0.197 e. The lowest BCUT2D eigenvalue weighted by molar-refractivity contribution is 0.459. The highest BCUT2D eigenvalue weighted by Crippen LogP contribution is 2.34. The van der Waals surface area contributed by atoms with Crippen LogP contribution in [0.1, 0.15) is 31.1 Å². The molecule has 2 N–H and O–H groups in total. The average Bonchev–Trinajstić information content (AvgIpc) is 3.17. The van der Waals surface area contributed by atoms with Crippen LogP contribution in [0.25, 0.3) is 22.2 Å². The number of nitrogens with zero attached hydrogens (tertiary/aromatic N) is 2. The summed E-state index contributed by atoms with van der Waals surface area (Å²) in [7, 11) is -3.64. The normalized spacial score (nSPS) is 12.7. The number of pyridine rings is 1. The summed E-state index contributed by atoms with van der Waals surface area (Å²) in [5.41, 5.74) is 9.01. The van der Waals surface area contributed by atoms with E-state index in [4.69, 9.17) is 21.9 Å². The lowest BCUT2D eigenvalue weighted by Crippen LogP contribution is -2.19. The van der Waals surface area contributed by atoms with E-state index in [1.54, 1.807) is 26.0 Å². The Hall–Kier alpha value is -2.52. The smallest absolute Gasteiger partial charge is 0.197 e. The summed E-state index contributed by atoms with van der Waals surface area (Å²) < 4.78 is 44.8. The molecule has 0 aliphatic heterocycles. The molecule has 4 aromatic rings. The van der Waals surface area contributed by atoms with Crippen LogP contribution >= 0.6 is 24.0 Å². The van der Waals surface area contributed by atoms with Gasteiger partial charge in [0.2, 0.25) is 0 Å². The molecule has 6 nitrogen and oxygen atoms in total. The van der Waals surface area contributed by atoms with Crippen LogP contribution in [0.3, 0.4) is 0 Å². The van der Waals surface area contributed by atoms with E-state index in [1.165, 1.54) is 6.07 Å². The van der Waals surface area contributed by atoms with Crippen LogP contribution < -0.4 is 5.73 Å². The summed E-state index contributed by atoms with van der Waals surface area (Å²) in [6.45, 7) is 3.11. The Kier molecular flexibility index (Phi) is 7.43. The van der Waals surface area contributed by atoms with Gasteiger partial charge in [0.05, 0.1) is 10.9 Å². The summed E-state index contributed by atoms with van der Waals surface area (Å²) in [6.07, 6.45) is 0.00587. The van der Waals surface area contributed by atoms with E-state index in [1.807, 2.05) is 30.3 Å². The van der Waals surface area contributed by atoms with Gasteiger partial charge >= 0.3 is 0 Å². The van der Waals surface area contributed by atoms with Gasteiger partial charge in [-0.05, 0) is 43.7 Å². The molecule has 174 valence electrons. The van der Waals surface area contributed by atoms with E-state index < -0.39 is 26.9 Å². The number of fused-ring (bicyclic) bond motifs is 1. The molecule has 33 heavy (non-hydrogen) atoms. The second-order valence-electron chi connectivity index (χ2n) is 7.74. The summed E-state index contributed by atoms with van der Waals surface area (Å²) in [4.78, 5) is 4.09. The van der Waals surface area contributed by atoms with E-state index in [0.717, 1.165) is 17.0 Å². The summed E-state index contributed by atoms with van der Waals surface area (Å²) >= 11 is 6.03. The molecule has 0 aliphatic rings. The monoisotopic (exact) mass is 509 g/mol. The summed E-state index contributed by atoms with van der Waals surface area (Å²) in [5, 5.41) is 4.65. The molecule has 1 atom stereocenters. The molecule has 10 heteroatoms. The zero-order chi connectivity index (χ0) is 23.0. The van der Waals surface area contributed by atoms with E-state index in [-0.39, 0.29) is 29.5 Å². The highest BCUT2D eigenvalue weighted by molar-refractivity contribution is 7.91. The first-order valence-electron chi connectivity index (χ1n) is 9.97. The Morgan fingerprint density at radius 3 is 2.58 bits per heavy atom. The van der Waals surface area contributed by atoms with Gasteiger partial charge in [-0.25, -0.2) is 17.8 Å². The Balaban J connectivity index is 0.00000306. The number of hydrogen-bond donors (Lipinski definition) is 1. The van der Waals surface area contributed by atoms with Crippen LogP contribution in [0.2, 0.25) is 5.02 Å². The van der Waals surface area contributed by atoms with Crippen molar-refractivity contribution in [3.63, 3.8) is 0 Å². The molecule has 0 saturated heterocycles. The molecule has 0 bridgehead atoms. The number of nitrogens with two attached hydrogens (primary N) is 1. The van der Waals surface area contributed by atoms with Crippen molar-refractivity contribution >= 4 is 44.8 Å². The highest BCUT2D eigenvalue weighted by atomic mass is 35.5. The zero-order valence-electron chi connectivity index (χ0n) is 17.8. The number of hydrogen-bond acceptors (Lipinski definition) is 6. The van der Waals surface area contributed by atoms with Gasteiger partial charge in [0, 0.05) is 34.5 Å². The van der Waals surface area contributed by atoms with Gasteiger partial charge in [-0.3, -0.25) is 0 Å². The molecule has 1 unspecified atom stereocenters. The van der Waals surface area contributed by atoms with Crippen LogP contribution in [0.5, 0.6) is 0 Å². The number of benzene rings is 2. The van der Waals surface area contributed by atoms with Gasteiger partial charge < -0.3 is 10.3 Å². The molecule has 0 spiro atoms. The Morgan fingerprint density at radius 2 is 1.85 bits per heavy atom. The van der Waals surface area contributed by atoms with Crippen molar-refractivity contribution in [2.45, 2.75) is 36.6 Å². The van der Waals surface area contributed by atoms with Crippen molar-refractivity contribution in [2.75, 3.05) is 0 Å². The van der Waals surface area contributed by atoms with E-state index in [9.17, 15) is 12.8 Å². The molecule has 0 aliphatic carbocycles. The van der Waals surface area contributed by atoms with Gasteiger partial charge in [-0.15, -0.1) is 12.4 Å². The maximum absolute atomic E-state index is 14.5. The third-order valence-electron chi connectivity index (χ3n) is 5.27. The van der Waals surface area contributed by atoms with Crippen molar-refractivity contribution < 1.29 is 17.3 Å². The zero-order valence-corrected chi connectivity index (χ0v) is 20.2. The molecular weight excluding hydrogens is 488 g/mol. The predicted octanol–water partition coefficient (Wildman–Crippen LogP) is 5.53. The molecule has 2 aromatic carbocycles. The molecule has 2 heterocycles. The third-order valence-corrected chi connectivity index (χ3v) is 7.55. The topological polar surface area (TPSA) is 99.1 Å². The molecule has 0 saturated carbocycles. The minimum Gasteiger partial charge on any atom is -0.356 e. The van der Waals surface area contributed by atoms with Gasteiger partial charge in [0.1, 0.15) is 11.5 Å². The Bertz CT molecular complexity index is 1410.